The van der Waals surface area contributed by atoms with E-state index in [0.717, 1.165) is 22.6 Å². The van der Waals surface area contributed by atoms with Gasteiger partial charge in [0.05, 0.1) is 13.7 Å². The van der Waals surface area contributed by atoms with Crippen LogP contribution >= 0.6 is 11.3 Å². The van der Waals surface area contributed by atoms with Gasteiger partial charge in [-0.1, -0.05) is 24.3 Å². The number of benzene rings is 2. The van der Waals surface area contributed by atoms with Crippen molar-refractivity contribution in [2.24, 2.45) is 0 Å². The lowest BCUT2D eigenvalue weighted by Crippen LogP contribution is -2.36. The molecule has 0 atom stereocenters. The van der Waals surface area contributed by atoms with E-state index in [4.69, 9.17) is 4.74 Å². The molecule has 0 aliphatic heterocycles. The molecule has 10 heteroatoms. The van der Waals surface area contributed by atoms with Crippen molar-refractivity contribution in [3.63, 3.8) is 0 Å². The van der Waals surface area contributed by atoms with Gasteiger partial charge in [0.1, 0.15) is 9.96 Å². The molecule has 0 unspecified atom stereocenters. The van der Waals surface area contributed by atoms with E-state index >= 15 is 0 Å². The molecule has 3 rings (SSSR count). The summed E-state index contributed by atoms with van der Waals surface area (Å²) in [6.45, 7) is 0.110. The van der Waals surface area contributed by atoms with Crippen molar-refractivity contribution in [1.29, 1.82) is 0 Å². The number of carbonyl (C=O) groups is 2. The van der Waals surface area contributed by atoms with Gasteiger partial charge in [-0.2, -0.15) is 0 Å². The summed E-state index contributed by atoms with van der Waals surface area (Å²) in [6.07, 6.45) is 0. The van der Waals surface area contributed by atoms with E-state index in [2.05, 4.69) is 15.4 Å². The number of rotatable bonds is 9. The predicted octanol–water partition coefficient (Wildman–Crippen LogP) is 2.60. The van der Waals surface area contributed by atoms with Crippen molar-refractivity contribution < 1.29 is 22.7 Å². The molecule has 162 valence electrons. The molecular formula is C21H21N3O5S2. The first-order chi connectivity index (χ1) is 14.9. The fourth-order valence-electron chi connectivity index (χ4n) is 2.61. The Morgan fingerprint density at radius 2 is 1.77 bits per heavy atom. The molecule has 0 saturated heterocycles. The molecule has 2 aromatic carbocycles. The first-order valence-corrected chi connectivity index (χ1v) is 11.6. The Morgan fingerprint density at radius 1 is 1.00 bits per heavy atom. The van der Waals surface area contributed by atoms with Crippen molar-refractivity contribution >= 4 is 38.9 Å². The van der Waals surface area contributed by atoms with Crippen molar-refractivity contribution in [2.75, 3.05) is 18.4 Å². The minimum Gasteiger partial charge on any atom is -0.497 e. The van der Waals surface area contributed by atoms with Crippen molar-refractivity contribution in [3.8, 4) is 5.75 Å². The molecule has 1 heterocycles. The van der Waals surface area contributed by atoms with Crippen LogP contribution in [0.1, 0.15) is 15.9 Å². The highest BCUT2D eigenvalue weighted by Gasteiger charge is 2.16. The highest BCUT2D eigenvalue weighted by molar-refractivity contribution is 7.94. The van der Waals surface area contributed by atoms with Crippen LogP contribution in [0.3, 0.4) is 0 Å². The number of sulfonamides is 1. The second-order valence-electron chi connectivity index (χ2n) is 6.43. The molecule has 0 fully saturated rings. The van der Waals surface area contributed by atoms with Gasteiger partial charge in [-0.3, -0.25) is 14.3 Å². The number of amides is 2. The fourth-order valence-corrected chi connectivity index (χ4v) is 4.66. The molecular weight excluding hydrogens is 438 g/mol. The van der Waals surface area contributed by atoms with Gasteiger partial charge in [0.25, 0.3) is 15.9 Å². The SMILES string of the molecule is COc1ccc(CNC(=O)CNC(=O)c2cccc(NS(=O)(=O)c3cccs3)c2)cc1. The number of nitrogens with one attached hydrogen (secondary N) is 3. The molecule has 3 aromatic rings. The Balaban J connectivity index is 1.52. The van der Waals surface area contributed by atoms with Crippen LogP contribution in [0.25, 0.3) is 0 Å². The molecule has 0 radical (unpaired) electrons. The molecule has 0 spiro atoms. The molecule has 1 aromatic heterocycles. The van der Waals surface area contributed by atoms with Gasteiger partial charge in [0.2, 0.25) is 5.91 Å². The first-order valence-electron chi connectivity index (χ1n) is 9.21. The minimum absolute atomic E-state index is 0.177. The van der Waals surface area contributed by atoms with E-state index in [1.165, 1.54) is 18.2 Å². The maximum absolute atomic E-state index is 12.4. The largest absolute Gasteiger partial charge is 0.497 e. The Morgan fingerprint density at radius 3 is 2.45 bits per heavy atom. The zero-order valence-corrected chi connectivity index (χ0v) is 18.3. The van der Waals surface area contributed by atoms with Gasteiger partial charge < -0.3 is 15.4 Å². The van der Waals surface area contributed by atoms with Gasteiger partial charge in [-0.05, 0) is 47.3 Å². The normalized spacial score (nSPS) is 10.9. The zero-order valence-electron chi connectivity index (χ0n) is 16.6. The van der Waals surface area contributed by atoms with E-state index in [1.807, 2.05) is 12.1 Å². The molecule has 0 saturated carbocycles. The lowest BCUT2D eigenvalue weighted by atomic mass is 10.2. The molecule has 0 bridgehead atoms. The van der Waals surface area contributed by atoms with Crippen LogP contribution in [0.4, 0.5) is 5.69 Å². The van der Waals surface area contributed by atoms with E-state index in [9.17, 15) is 18.0 Å². The number of thiophene rings is 1. The smallest absolute Gasteiger partial charge is 0.271 e. The Hall–Kier alpha value is -3.37. The maximum Gasteiger partial charge on any atom is 0.271 e. The van der Waals surface area contributed by atoms with Crippen molar-refractivity contribution in [3.05, 3.63) is 77.2 Å². The summed E-state index contributed by atoms with van der Waals surface area (Å²) < 4.78 is 32.3. The second kappa shape index (κ2) is 10.1. The monoisotopic (exact) mass is 459 g/mol. The number of hydrogen-bond acceptors (Lipinski definition) is 6. The van der Waals surface area contributed by atoms with Crippen LogP contribution in [0.15, 0.2) is 70.3 Å². The van der Waals surface area contributed by atoms with E-state index in [0.29, 0.717) is 6.54 Å². The van der Waals surface area contributed by atoms with Crippen LogP contribution < -0.4 is 20.1 Å². The number of carbonyl (C=O) groups excluding carboxylic acids is 2. The summed E-state index contributed by atoms with van der Waals surface area (Å²) >= 11 is 1.10. The van der Waals surface area contributed by atoms with Crippen LogP contribution in [0.2, 0.25) is 0 Å². The minimum atomic E-state index is -3.71. The predicted molar refractivity (Wildman–Crippen MR) is 119 cm³/mol. The first kappa shape index (κ1) is 22.3. The Bertz CT molecular complexity index is 1140. The molecule has 8 nitrogen and oxygen atoms in total. The van der Waals surface area contributed by atoms with Gasteiger partial charge in [-0.15, -0.1) is 11.3 Å². The van der Waals surface area contributed by atoms with Crippen LogP contribution in [-0.4, -0.2) is 33.9 Å². The summed E-state index contributed by atoms with van der Waals surface area (Å²) in [6, 6.07) is 16.4. The summed E-state index contributed by atoms with van der Waals surface area (Å²) in [5, 5.41) is 6.91. The topological polar surface area (TPSA) is 114 Å². The van der Waals surface area contributed by atoms with Crippen LogP contribution in [0.5, 0.6) is 5.75 Å². The summed E-state index contributed by atoms with van der Waals surface area (Å²) in [7, 11) is -2.13. The number of ether oxygens (including phenoxy) is 1. The number of methoxy groups -OCH3 is 1. The third-order valence-corrected chi connectivity index (χ3v) is 6.97. The molecule has 0 aliphatic carbocycles. The summed E-state index contributed by atoms with van der Waals surface area (Å²) in [5.74, 6) is -0.113. The van der Waals surface area contributed by atoms with E-state index in [1.54, 1.807) is 42.8 Å². The van der Waals surface area contributed by atoms with Crippen LogP contribution in [0, 0.1) is 0 Å². The van der Waals surface area contributed by atoms with Gasteiger partial charge in [0.15, 0.2) is 0 Å². The lowest BCUT2D eigenvalue weighted by molar-refractivity contribution is -0.120. The summed E-state index contributed by atoms with van der Waals surface area (Å²) in [5.41, 5.74) is 1.38. The quantitative estimate of drug-likeness (QED) is 0.455. The molecule has 3 N–H and O–H groups in total. The number of anilines is 1. The van der Waals surface area contributed by atoms with E-state index < -0.39 is 15.9 Å². The average molecular weight is 460 g/mol. The Labute approximate surface area is 184 Å². The van der Waals surface area contributed by atoms with Gasteiger partial charge in [-0.25, -0.2) is 8.42 Å². The highest BCUT2D eigenvalue weighted by Crippen LogP contribution is 2.20. The molecule has 0 aliphatic rings. The maximum atomic E-state index is 12.4. The third kappa shape index (κ3) is 6.30. The molecule has 31 heavy (non-hydrogen) atoms. The fraction of sp³-hybridized carbons (Fsp3) is 0.143. The Kier molecular flexibility index (Phi) is 7.27. The third-order valence-electron chi connectivity index (χ3n) is 4.20. The zero-order chi connectivity index (χ0) is 22.3. The lowest BCUT2D eigenvalue weighted by Gasteiger charge is -2.10. The summed E-state index contributed by atoms with van der Waals surface area (Å²) in [4.78, 5) is 24.4. The van der Waals surface area contributed by atoms with Crippen LogP contribution in [-0.2, 0) is 21.4 Å². The second-order valence-corrected chi connectivity index (χ2v) is 9.28. The van der Waals surface area contributed by atoms with Gasteiger partial charge in [0, 0.05) is 17.8 Å². The van der Waals surface area contributed by atoms with Crippen molar-refractivity contribution in [1.82, 2.24) is 10.6 Å². The van der Waals surface area contributed by atoms with Crippen molar-refractivity contribution in [2.45, 2.75) is 10.8 Å². The van der Waals surface area contributed by atoms with Gasteiger partial charge >= 0.3 is 0 Å². The highest BCUT2D eigenvalue weighted by atomic mass is 32.2. The van der Waals surface area contributed by atoms with E-state index in [-0.39, 0.29) is 27.9 Å². The average Bonchev–Trinajstić information content (AvgIpc) is 3.32. The molecule has 2 amide bonds. The standard InChI is InChI=1S/C21H21N3O5S2/c1-29-18-9-7-15(8-10-18)13-22-19(25)14-23-21(26)16-4-2-5-17(12-16)24-31(27,28)20-6-3-11-30-20/h2-12,24H,13-14H2,1H3,(H,22,25)(H,23,26). The number of hydrogen-bond donors (Lipinski definition) is 3.